The maximum absolute atomic E-state index is 12.0. The third-order valence-corrected chi connectivity index (χ3v) is 4.14. The molecule has 0 radical (unpaired) electrons. The van der Waals surface area contributed by atoms with Crippen LogP contribution in [0.3, 0.4) is 0 Å². The highest BCUT2D eigenvalue weighted by atomic mass is 32.2. The van der Waals surface area contributed by atoms with Gasteiger partial charge in [0.1, 0.15) is 5.25 Å². The van der Waals surface area contributed by atoms with Crippen LogP contribution in [0.4, 0.5) is 4.39 Å². The van der Waals surface area contributed by atoms with Crippen LogP contribution in [0.25, 0.3) is 0 Å². The van der Waals surface area contributed by atoms with Crippen molar-refractivity contribution in [1.82, 2.24) is 0 Å². The molecule has 0 N–H and O–H groups in total. The van der Waals surface area contributed by atoms with Gasteiger partial charge in [-0.15, -0.1) is 11.8 Å². The fourth-order valence-corrected chi connectivity index (χ4v) is 2.94. The van der Waals surface area contributed by atoms with Crippen LogP contribution in [-0.2, 0) is 9.53 Å². The highest BCUT2D eigenvalue weighted by Crippen LogP contribution is 2.21. The van der Waals surface area contributed by atoms with E-state index in [-0.39, 0.29) is 24.0 Å². The molecule has 0 heterocycles. The fourth-order valence-electron chi connectivity index (χ4n) is 1.76. The topological polar surface area (TPSA) is 26.3 Å². The number of thioether (sulfide) groups is 1. The molecule has 0 amide bonds. The third kappa shape index (κ3) is 11.3. The minimum absolute atomic E-state index is 0.0423. The highest BCUT2D eigenvalue weighted by molar-refractivity contribution is 8.00. The van der Waals surface area contributed by atoms with Crippen LogP contribution in [-0.4, -0.2) is 29.8 Å². The lowest BCUT2D eigenvalue weighted by Crippen LogP contribution is -2.24. The number of halogens is 1. The number of rotatable bonds is 12. The van der Waals surface area contributed by atoms with Crippen molar-refractivity contribution in [2.45, 2.75) is 77.1 Å². The number of carbonyl (C=O) groups excluding carboxylic acids is 1. The zero-order valence-electron chi connectivity index (χ0n) is 12.6. The molecule has 0 aromatic carbocycles. The van der Waals surface area contributed by atoms with Crippen LogP contribution in [0.15, 0.2) is 0 Å². The second kappa shape index (κ2) is 12.8. The van der Waals surface area contributed by atoms with Gasteiger partial charge in [0.25, 0.3) is 0 Å². The molecule has 0 aliphatic rings. The minimum atomic E-state index is -0.236. The molecular weight excluding hydrogens is 263 g/mol. The fraction of sp³-hybridized carbons (Fsp3) is 0.933. The summed E-state index contributed by atoms with van der Waals surface area (Å²) in [6.45, 7) is 5.69. The molecule has 0 aromatic heterocycles. The second-order valence-electron chi connectivity index (χ2n) is 5.09. The Kier molecular flexibility index (Phi) is 12.6. The van der Waals surface area contributed by atoms with Crippen molar-refractivity contribution in [3.05, 3.63) is 0 Å². The first-order valence-electron chi connectivity index (χ1n) is 7.49. The molecular formula is C15H29FO2S. The van der Waals surface area contributed by atoms with Crippen molar-refractivity contribution >= 4 is 17.7 Å². The molecule has 0 saturated carbocycles. The van der Waals surface area contributed by atoms with E-state index in [0.717, 1.165) is 44.3 Å². The summed E-state index contributed by atoms with van der Waals surface area (Å²) in [7, 11) is 0. The van der Waals surface area contributed by atoms with Crippen molar-refractivity contribution in [3.63, 3.8) is 0 Å². The van der Waals surface area contributed by atoms with Crippen molar-refractivity contribution < 1.29 is 13.9 Å². The summed E-state index contributed by atoms with van der Waals surface area (Å²) in [6.07, 6.45) is 6.77. The van der Waals surface area contributed by atoms with Crippen molar-refractivity contribution in [1.29, 1.82) is 0 Å². The van der Waals surface area contributed by atoms with Crippen molar-refractivity contribution in [2.75, 3.05) is 12.4 Å². The van der Waals surface area contributed by atoms with Gasteiger partial charge >= 0.3 is 5.97 Å². The molecule has 0 saturated heterocycles. The van der Waals surface area contributed by atoms with Gasteiger partial charge in [0.15, 0.2) is 0 Å². The van der Waals surface area contributed by atoms with Gasteiger partial charge < -0.3 is 4.74 Å². The van der Waals surface area contributed by atoms with E-state index < -0.39 is 0 Å². The molecule has 1 unspecified atom stereocenters. The predicted octanol–water partition coefficient (Wildman–Crippen LogP) is 4.76. The van der Waals surface area contributed by atoms with Crippen LogP contribution in [0, 0.1) is 0 Å². The Morgan fingerprint density at radius 2 is 1.89 bits per heavy atom. The molecule has 0 aromatic rings. The van der Waals surface area contributed by atoms with Crippen LogP contribution < -0.4 is 0 Å². The lowest BCUT2D eigenvalue weighted by molar-refractivity contribution is -0.146. The normalized spacial score (nSPS) is 12.7. The predicted molar refractivity (Wildman–Crippen MR) is 81.4 cm³/mol. The van der Waals surface area contributed by atoms with Crippen LogP contribution >= 0.6 is 11.8 Å². The van der Waals surface area contributed by atoms with Gasteiger partial charge in [0.05, 0.1) is 12.8 Å². The van der Waals surface area contributed by atoms with Gasteiger partial charge in [-0.05, 0) is 38.9 Å². The van der Waals surface area contributed by atoms with Gasteiger partial charge in [-0.25, -0.2) is 0 Å². The van der Waals surface area contributed by atoms with Gasteiger partial charge in [0, 0.05) is 0 Å². The standard InChI is InChI=1S/C15H29FO2S/c1-4-5-7-10-14(15(17)18-13(2)3)19-12-9-6-8-11-16/h13-14H,4-12H2,1-3H3. The second-order valence-corrected chi connectivity index (χ2v) is 6.40. The van der Waals surface area contributed by atoms with Crippen LogP contribution in [0.2, 0.25) is 0 Å². The summed E-state index contributed by atoms with van der Waals surface area (Å²) >= 11 is 1.68. The molecule has 0 bridgehead atoms. The summed E-state index contributed by atoms with van der Waals surface area (Å²) in [4.78, 5) is 12.0. The first kappa shape index (κ1) is 18.8. The number of unbranched alkanes of at least 4 members (excludes halogenated alkanes) is 4. The summed E-state index contributed by atoms with van der Waals surface area (Å²) in [5, 5.41) is -0.0423. The Balaban J connectivity index is 3.98. The largest absolute Gasteiger partial charge is 0.462 e. The molecule has 19 heavy (non-hydrogen) atoms. The van der Waals surface area contributed by atoms with E-state index in [1.54, 1.807) is 11.8 Å². The minimum Gasteiger partial charge on any atom is -0.462 e. The third-order valence-electron chi connectivity index (χ3n) is 2.78. The molecule has 1 atom stereocenters. The lowest BCUT2D eigenvalue weighted by atomic mass is 10.1. The highest BCUT2D eigenvalue weighted by Gasteiger charge is 2.20. The van der Waals surface area contributed by atoms with Gasteiger partial charge in [-0.3, -0.25) is 9.18 Å². The van der Waals surface area contributed by atoms with E-state index in [1.807, 2.05) is 13.8 Å². The van der Waals surface area contributed by atoms with Gasteiger partial charge in [-0.1, -0.05) is 32.6 Å². The average Bonchev–Trinajstić information content (AvgIpc) is 2.35. The first-order chi connectivity index (χ1) is 9.11. The lowest BCUT2D eigenvalue weighted by Gasteiger charge is -2.17. The summed E-state index contributed by atoms with van der Waals surface area (Å²) in [5.41, 5.74) is 0. The monoisotopic (exact) mass is 292 g/mol. The SMILES string of the molecule is CCCCCC(SCCCCCF)C(=O)OC(C)C. The van der Waals surface area contributed by atoms with Crippen LogP contribution in [0.1, 0.15) is 65.7 Å². The smallest absolute Gasteiger partial charge is 0.319 e. The van der Waals surface area contributed by atoms with Gasteiger partial charge in [0.2, 0.25) is 0 Å². The van der Waals surface area contributed by atoms with Crippen molar-refractivity contribution in [3.8, 4) is 0 Å². The molecule has 0 aliphatic carbocycles. The van der Waals surface area contributed by atoms with Gasteiger partial charge in [-0.2, -0.15) is 0 Å². The quantitative estimate of drug-likeness (QED) is 0.383. The van der Waals surface area contributed by atoms with Crippen LogP contribution in [0.5, 0.6) is 0 Å². The Morgan fingerprint density at radius 1 is 1.16 bits per heavy atom. The number of carbonyl (C=O) groups is 1. The van der Waals surface area contributed by atoms with Crippen molar-refractivity contribution in [2.24, 2.45) is 0 Å². The molecule has 0 aliphatic heterocycles. The molecule has 2 nitrogen and oxygen atoms in total. The Labute approximate surface area is 121 Å². The zero-order chi connectivity index (χ0) is 14.5. The molecule has 0 rings (SSSR count). The Bertz CT molecular complexity index is 222. The molecule has 114 valence electrons. The van der Waals surface area contributed by atoms with E-state index in [9.17, 15) is 9.18 Å². The Morgan fingerprint density at radius 3 is 2.47 bits per heavy atom. The molecule has 0 spiro atoms. The maximum Gasteiger partial charge on any atom is 0.319 e. The molecule has 0 fully saturated rings. The number of esters is 1. The Hall–Kier alpha value is -0.250. The molecule has 4 heteroatoms. The van der Waals surface area contributed by atoms with E-state index >= 15 is 0 Å². The summed E-state index contributed by atoms with van der Waals surface area (Å²) < 4.78 is 17.3. The summed E-state index contributed by atoms with van der Waals surface area (Å²) in [5.74, 6) is 0.839. The van der Waals surface area contributed by atoms with E-state index in [0.29, 0.717) is 6.42 Å². The number of alkyl halides is 1. The number of hydrogen-bond acceptors (Lipinski definition) is 3. The number of ether oxygens (including phenoxy) is 1. The van der Waals surface area contributed by atoms with E-state index in [2.05, 4.69) is 6.92 Å². The number of hydrogen-bond donors (Lipinski definition) is 0. The van der Waals surface area contributed by atoms with E-state index in [1.165, 1.54) is 0 Å². The maximum atomic E-state index is 12.0. The zero-order valence-corrected chi connectivity index (χ0v) is 13.4. The summed E-state index contributed by atoms with van der Waals surface area (Å²) in [6, 6.07) is 0. The average molecular weight is 292 g/mol. The van der Waals surface area contributed by atoms with E-state index in [4.69, 9.17) is 4.74 Å². The first-order valence-corrected chi connectivity index (χ1v) is 8.54.